The van der Waals surface area contributed by atoms with Crippen LogP contribution in [-0.2, 0) is 16.1 Å². The average molecular weight is 417 g/mol. The van der Waals surface area contributed by atoms with Crippen LogP contribution in [0.1, 0.15) is 15.9 Å². The van der Waals surface area contributed by atoms with Crippen molar-refractivity contribution in [1.29, 1.82) is 0 Å². The molecule has 0 unspecified atom stereocenters. The Labute approximate surface area is 177 Å². The largest absolute Gasteiger partial charge is 0.468 e. The third-order valence-electron chi connectivity index (χ3n) is 4.79. The molecule has 30 heavy (non-hydrogen) atoms. The number of hydrogen-bond donors (Lipinski definition) is 0. The summed E-state index contributed by atoms with van der Waals surface area (Å²) in [7, 11) is 1.35. The van der Waals surface area contributed by atoms with E-state index in [1.54, 1.807) is 16.7 Å². The van der Waals surface area contributed by atoms with Crippen LogP contribution in [0.4, 0.5) is 0 Å². The number of aromatic nitrogens is 1. The molecule has 1 heterocycles. The lowest BCUT2D eigenvalue weighted by Crippen LogP contribution is -2.22. The number of esters is 1. The first-order valence-electron chi connectivity index (χ1n) is 9.46. The van der Waals surface area contributed by atoms with Gasteiger partial charge in [-0.25, -0.2) is 0 Å². The van der Waals surface area contributed by atoms with Crippen molar-refractivity contribution in [3.05, 3.63) is 88.7 Å². The van der Waals surface area contributed by atoms with E-state index in [0.717, 1.165) is 26.9 Å². The van der Waals surface area contributed by atoms with E-state index in [1.165, 1.54) is 18.4 Å². The lowest BCUT2D eigenvalue weighted by molar-refractivity contribution is -0.141. The second-order valence-electron chi connectivity index (χ2n) is 6.88. The summed E-state index contributed by atoms with van der Waals surface area (Å²) in [6.45, 7) is 2.00. The van der Waals surface area contributed by atoms with Crippen LogP contribution in [0.2, 0.25) is 0 Å². The molecule has 0 radical (unpaired) electrons. The maximum Gasteiger partial charge on any atom is 0.325 e. The van der Waals surface area contributed by atoms with Crippen LogP contribution < -0.4 is 4.80 Å². The Balaban J connectivity index is 1.72. The number of rotatable bonds is 4. The molecule has 0 aliphatic heterocycles. The molecule has 0 bridgehead atoms. The average Bonchev–Trinajstić information content (AvgIpc) is 3.10. The summed E-state index contributed by atoms with van der Waals surface area (Å²) in [6.07, 6.45) is 0. The van der Waals surface area contributed by atoms with E-state index in [2.05, 4.69) is 4.99 Å². The van der Waals surface area contributed by atoms with Crippen molar-refractivity contribution in [3.8, 4) is 11.1 Å². The molecule has 6 heteroatoms. The molecule has 1 amide bonds. The lowest BCUT2D eigenvalue weighted by atomic mass is 10.0. The smallest absolute Gasteiger partial charge is 0.325 e. The van der Waals surface area contributed by atoms with Gasteiger partial charge in [-0.3, -0.25) is 9.59 Å². The minimum Gasteiger partial charge on any atom is -0.468 e. The Morgan fingerprint density at radius 2 is 1.67 bits per heavy atom. The highest BCUT2D eigenvalue weighted by molar-refractivity contribution is 7.16. The first-order chi connectivity index (χ1) is 14.5. The summed E-state index contributed by atoms with van der Waals surface area (Å²) >= 11 is 1.38. The fourth-order valence-corrected chi connectivity index (χ4v) is 4.33. The highest BCUT2D eigenvalue weighted by atomic mass is 32.1. The molecular formula is C24H20N2O3S. The Morgan fingerprint density at radius 1 is 0.967 bits per heavy atom. The molecule has 0 aliphatic rings. The zero-order chi connectivity index (χ0) is 21.1. The number of ether oxygens (including phenoxy) is 1. The van der Waals surface area contributed by atoms with Gasteiger partial charge in [0.1, 0.15) is 6.54 Å². The third kappa shape index (κ3) is 4.09. The number of carbonyl (C=O) groups is 2. The molecule has 5 nitrogen and oxygen atoms in total. The summed E-state index contributed by atoms with van der Waals surface area (Å²) < 4.78 is 7.50. The van der Waals surface area contributed by atoms with Gasteiger partial charge in [-0.15, -0.1) is 0 Å². The van der Waals surface area contributed by atoms with E-state index in [9.17, 15) is 9.59 Å². The predicted molar refractivity (Wildman–Crippen MR) is 118 cm³/mol. The number of nitrogens with zero attached hydrogens (tertiary/aromatic N) is 2. The summed E-state index contributed by atoms with van der Waals surface area (Å²) in [5.74, 6) is -0.743. The standard InChI is InChI=1S/C24H20N2O3S/c1-16-8-13-20-21(14-16)30-24(26(20)15-22(27)29-2)25-23(28)19-11-9-18(10-12-19)17-6-4-3-5-7-17/h3-14H,15H2,1-2H3. The van der Waals surface area contributed by atoms with Gasteiger partial charge in [0.15, 0.2) is 4.80 Å². The van der Waals surface area contributed by atoms with Crippen LogP contribution in [0.3, 0.4) is 0 Å². The number of methoxy groups -OCH3 is 1. The quantitative estimate of drug-likeness (QED) is 0.457. The van der Waals surface area contributed by atoms with Crippen LogP contribution in [0.25, 0.3) is 21.3 Å². The molecule has 0 fully saturated rings. The number of fused-ring (bicyclic) bond motifs is 1. The Kier molecular flexibility index (Phi) is 5.59. The highest BCUT2D eigenvalue weighted by Gasteiger charge is 2.13. The molecule has 3 aromatic carbocycles. The van der Waals surface area contributed by atoms with Crippen LogP contribution in [0.5, 0.6) is 0 Å². The van der Waals surface area contributed by atoms with Gasteiger partial charge in [0.05, 0.1) is 17.3 Å². The minimum absolute atomic E-state index is 0.00137. The van der Waals surface area contributed by atoms with Gasteiger partial charge in [0.2, 0.25) is 0 Å². The van der Waals surface area contributed by atoms with Gasteiger partial charge in [-0.2, -0.15) is 4.99 Å². The van der Waals surface area contributed by atoms with Crippen LogP contribution in [0, 0.1) is 6.92 Å². The Hall–Kier alpha value is -3.51. The van der Waals surface area contributed by atoms with Crippen molar-refractivity contribution < 1.29 is 14.3 Å². The molecular weight excluding hydrogens is 396 g/mol. The summed E-state index contributed by atoms with van der Waals surface area (Å²) in [5.41, 5.74) is 4.56. The summed E-state index contributed by atoms with van der Waals surface area (Å²) in [5, 5.41) is 0. The molecule has 1 aromatic heterocycles. The van der Waals surface area contributed by atoms with E-state index in [-0.39, 0.29) is 12.5 Å². The summed E-state index contributed by atoms with van der Waals surface area (Å²) in [4.78, 5) is 29.5. The molecule has 0 spiro atoms. The maximum absolute atomic E-state index is 12.8. The van der Waals surface area contributed by atoms with Crippen LogP contribution in [-0.4, -0.2) is 23.6 Å². The van der Waals surface area contributed by atoms with Crippen molar-refractivity contribution in [3.63, 3.8) is 0 Å². The molecule has 4 aromatic rings. The second-order valence-corrected chi connectivity index (χ2v) is 7.89. The van der Waals surface area contributed by atoms with Gasteiger partial charge >= 0.3 is 5.97 Å². The van der Waals surface area contributed by atoms with E-state index < -0.39 is 5.97 Å². The van der Waals surface area contributed by atoms with Gasteiger partial charge in [0, 0.05) is 5.56 Å². The second kappa shape index (κ2) is 8.47. The molecule has 0 saturated carbocycles. The number of amides is 1. The lowest BCUT2D eigenvalue weighted by Gasteiger charge is -2.04. The van der Waals surface area contributed by atoms with Crippen LogP contribution >= 0.6 is 11.3 Å². The van der Waals surface area contributed by atoms with Gasteiger partial charge in [-0.1, -0.05) is 59.9 Å². The van der Waals surface area contributed by atoms with E-state index >= 15 is 0 Å². The van der Waals surface area contributed by atoms with E-state index in [4.69, 9.17) is 4.74 Å². The zero-order valence-corrected chi connectivity index (χ0v) is 17.5. The number of aryl methyl sites for hydroxylation is 1. The highest BCUT2D eigenvalue weighted by Crippen LogP contribution is 2.21. The topological polar surface area (TPSA) is 60.7 Å². The predicted octanol–water partition coefficient (Wildman–Crippen LogP) is 4.59. The van der Waals surface area contributed by atoms with E-state index in [0.29, 0.717) is 10.4 Å². The Bertz CT molecular complexity index is 1290. The van der Waals surface area contributed by atoms with Crippen LogP contribution in [0.15, 0.2) is 77.8 Å². The Morgan fingerprint density at radius 3 is 2.37 bits per heavy atom. The minimum atomic E-state index is -0.392. The molecule has 150 valence electrons. The van der Waals surface area contributed by atoms with Crippen molar-refractivity contribution in [2.75, 3.05) is 7.11 Å². The van der Waals surface area contributed by atoms with Crippen molar-refractivity contribution in [1.82, 2.24) is 4.57 Å². The monoisotopic (exact) mass is 416 g/mol. The van der Waals surface area contributed by atoms with Gasteiger partial charge < -0.3 is 9.30 Å². The molecule has 4 rings (SSSR count). The first-order valence-corrected chi connectivity index (χ1v) is 10.3. The fourth-order valence-electron chi connectivity index (χ4n) is 3.20. The maximum atomic E-state index is 12.8. The number of benzene rings is 3. The molecule has 0 N–H and O–H groups in total. The van der Waals surface area contributed by atoms with Crippen molar-refractivity contribution >= 4 is 33.4 Å². The SMILES string of the molecule is COC(=O)Cn1c(=NC(=O)c2ccc(-c3ccccc3)cc2)sc2cc(C)ccc21. The number of hydrogen-bond acceptors (Lipinski definition) is 4. The number of carbonyl (C=O) groups excluding carboxylic acids is 2. The molecule has 0 atom stereocenters. The molecule has 0 saturated heterocycles. The normalized spacial score (nSPS) is 11.6. The molecule has 0 aliphatic carbocycles. The van der Waals surface area contributed by atoms with Gasteiger partial charge in [0.25, 0.3) is 5.91 Å². The van der Waals surface area contributed by atoms with E-state index in [1.807, 2.05) is 67.6 Å². The fraction of sp³-hybridized carbons (Fsp3) is 0.125. The summed E-state index contributed by atoms with van der Waals surface area (Å²) in [6, 6.07) is 23.3. The first kappa shape index (κ1) is 19.8. The third-order valence-corrected chi connectivity index (χ3v) is 5.83. The zero-order valence-electron chi connectivity index (χ0n) is 16.7. The van der Waals surface area contributed by atoms with Crippen molar-refractivity contribution in [2.45, 2.75) is 13.5 Å². The van der Waals surface area contributed by atoms with Gasteiger partial charge in [-0.05, 0) is 47.9 Å². The van der Waals surface area contributed by atoms with Crippen molar-refractivity contribution in [2.24, 2.45) is 4.99 Å². The number of thiazole rings is 1.